The first-order chi connectivity index (χ1) is 11.0. The van der Waals surface area contributed by atoms with Crippen LogP contribution >= 0.6 is 0 Å². The number of nitrogens with one attached hydrogen (secondary N) is 1. The van der Waals surface area contributed by atoms with Crippen LogP contribution in [0.1, 0.15) is 12.5 Å². The Morgan fingerprint density at radius 1 is 1.30 bits per heavy atom. The van der Waals surface area contributed by atoms with Gasteiger partial charge in [-0.25, -0.2) is 4.98 Å². The van der Waals surface area contributed by atoms with Crippen LogP contribution in [0.2, 0.25) is 0 Å². The van der Waals surface area contributed by atoms with Crippen molar-refractivity contribution in [3.8, 4) is 6.07 Å². The maximum Gasteiger partial charge on any atom is 0.266 e. The molecule has 0 bridgehead atoms. The third-order valence-electron chi connectivity index (χ3n) is 3.64. The molecule has 1 aromatic rings. The smallest absolute Gasteiger partial charge is 0.266 e. The minimum absolute atomic E-state index is 0.000311. The molecule has 0 radical (unpaired) electrons. The van der Waals surface area contributed by atoms with Gasteiger partial charge in [0.2, 0.25) is 5.91 Å². The third-order valence-corrected chi connectivity index (χ3v) is 3.64. The average Bonchev–Trinajstić information content (AvgIpc) is 2.55. The standard InChI is InChI=1S/C16H19N5O2/c1-12-3-4-18-15(9-12)19-11-14(10-17)16(23)21-7-5-20(6-8-21)13(2)22/h3-4,9,11H,5-8H2,1-2H3,(H,18,19)/b14-11-. The molecule has 0 atom stereocenters. The van der Waals surface area contributed by atoms with Crippen molar-refractivity contribution in [2.24, 2.45) is 0 Å². The summed E-state index contributed by atoms with van der Waals surface area (Å²) in [5.74, 6) is 0.239. The summed E-state index contributed by atoms with van der Waals surface area (Å²) in [4.78, 5) is 31.0. The summed E-state index contributed by atoms with van der Waals surface area (Å²) < 4.78 is 0. The molecule has 0 aliphatic carbocycles. The molecule has 23 heavy (non-hydrogen) atoms. The van der Waals surface area contributed by atoms with Gasteiger partial charge >= 0.3 is 0 Å². The van der Waals surface area contributed by atoms with Gasteiger partial charge in [0.25, 0.3) is 5.91 Å². The summed E-state index contributed by atoms with van der Waals surface area (Å²) in [6.45, 7) is 5.29. The van der Waals surface area contributed by atoms with E-state index in [0.29, 0.717) is 32.0 Å². The van der Waals surface area contributed by atoms with Gasteiger partial charge in [-0.05, 0) is 24.6 Å². The molecule has 1 aliphatic heterocycles. The van der Waals surface area contributed by atoms with Crippen LogP contribution in [0.4, 0.5) is 5.82 Å². The molecule has 1 aromatic heterocycles. The first kappa shape index (κ1) is 16.5. The van der Waals surface area contributed by atoms with Crippen LogP contribution in [0, 0.1) is 18.3 Å². The second-order valence-electron chi connectivity index (χ2n) is 5.33. The van der Waals surface area contributed by atoms with E-state index in [9.17, 15) is 14.9 Å². The van der Waals surface area contributed by atoms with Crippen molar-refractivity contribution < 1.29 is 9.59 Å². The second kappa shape index (κ2) is 7.40. The van der Waals surface area contributed by atoms with Gasteiger partial charge in [-0.15, -0.1) is 0 Å². The van der Waals surface area contributed by atoms with Crippen LogP contribution in [0.5, 0.6) is 0 Å². The number of hydrogen-bond acceptors (Lipinski definition) is 5. The maximum absolute atomic E-state index is 12.4. The number of amides is 2. The maximum atomic E-state index is 12.4. The molecule has 7 nitrogen and oxygen atoms in total. The zero-order valence-corrected chi connectivity index (χ0v) is 13.2. The average molecular weight is 313 g/mol. The van der Waals surface area contributed by atoms with Crippen molar-refractivity contribution in [3.05, 3.63) is 35.7 Å². The summed E-state index contributed by atoms with van der Waals surface area (Å²) in [7, 11) is 0. The lowest BCUT2D eigenvalue weighted by atomic mass is 10.2. The van der Waals surface area contributed by atoms with E-state index >= 15 is 0 Å². The van der Waals surface area contributed by atoms with Crippen LogP contribution in [-0.2, 0) is 9.59 Å². The van der Waals surface area contributed by atoms with Gasteiger partial charge in [-0.2, -0.15) is 5.26 Å². The second-order valence-corrected chi connectivity index (χ2v) is 5.33. The third kappa shape index (κ3) is 4.30. The highest BCUT2D eigenvalue weighted by atomic mass is 16.2. The Balaban J connectivity index is 2.00. The van der Waals surface area contributed by atoms with Crippen LogP contribution in [0.25, 0.3) is 0 Å². The largest absolute Gasteiger partial charge is 0.345 e. The van der Waals surface area contributed by atoms with Crippen molar-refractivity contribution in [1.29, 1.82) is 5.26 Å². The summed E-state index contributed by atoms with van der Waals surface area (Å²) in [5, 5.41) is 12.1. The topological polar surface area (TPSA) is 89.3 Å². The highest BCUT2D eigenvalue weighted by Gasteiger charge is 2.24. The van der Waals surface area contributed by atoms with Gasteiger partial charge < -0.3 is 15.1 Å². The van der Waals surface area contributed by atoms with Crippen LogP contribution in [0.3, 0.4) is 0 Å². The lowest BCUT2D eigenvalue weighted by molar-refractivity contribution is -0.136. The minimum atomic E-state index is -0.337. The fourth-order valence-corrected chi connectivity index (χ4v) is 2.30. The number of pyridine rings is 1. The molecule has 1 fully saturated rings. The Hall–Kier alpha value is -2.88. The zero-order chi connectivity index (χ0) is 16.8. The summed E-state index contributed by atoms with van der Waals surface area (Å²) in [6.07, 6.45) is 3.03. The Morgan fingerprint density at radius 2 is 1.96 bits per heavy atom. The van der Waals surface area contributed by atoms with E-state index < -0.39 is 0 Å². The minimum Gasteiger partial charge on any atom is -0.345 e. The van der Waals surface area contributed by atoms with Gasteiger partial charge in [-0.3, -0.25) is 9.59 Å². The number of nitrogens with zero attached hydrogens (tertiary/aromatic N) is 4. The molecule has 2 heterocycles. The summed E-state index contributed by atoms with van der Waals surface area (Å²) >= 11 is 0. The molecule has 120 valence electrons. The number of aryl methyl sites for hydroxylation is 1. The number of piperazine rings is 1. The highest BCUT2D eigenvalue weighted by Crippen LogP contribution is 2.09. The number of carbonyl (C=O) groups is 2. The number of nitriles is 1. The summed E-state index contributed by atoms with van der Waals surface area (Å²) in [5.41, 5.74) is 1.05. The van der Waals surface area contributed by atoms with Crippen LogP contribution < -0.4 is 5.32 Å². The predicted molar refractivity (Wildman–Crippen MR) is 85.1 cm³/mol. The molecular formula is C16H19N5O2. The molecule has 0 spiro atoms. The number of rotatable bonds is 3. The van der Waals surface area contributed by atoms with E-state index in [1.807, 2.05) is 25.1 Å². The first-order valence-electron chi connectivity index (χ1n) is 7.35. The number of carbonyl (C=O) groups excluding carboxylic acids is 2. The molecule has 2 rings (SSSR count). The molecule has 0 aromatic carbocycles. The highest BCUT2D eigenvalue weighted by molar-refractivity contribution is 5.97. The Morgan fingerprint density at radius 3 is 2.52 bits per heavy atom. The monoisotopic (exact) mass is 313 g/mol. The lowest BCUT2D eigenvalue weighted by Gasteiger charge is -2.34. The van der Waals surface area contributed by atoms with Gasteiger partial charge in [0.15, 0.2) is 0 Å². The molecule has 1 N–H and O–H groups in total. The van der Waals surface area contributed by atoms with Crippen LogP contribution in [-0.4, -0.2) is 52.8 Å². The first-order valence-corrected chi connectivity index (χ1v) is 7.35. The molecule has 0 saturated carbocycles. The number of aromatic nitrogens is 1. The SMILES string of the molecule is CC(=O)N1CCN(C(=O)/C(C#N)=C\Nc2cc(C)ccn2)CC1. The van der Waals surface area contributed by atoms with Crippen molar-refractivity contribution in [2.45, 2.75) is 13.8 Å². The van der Waals surface area contributed by atoms with E-state index in [-0.39, 0.29) is 17.4 Å². The zero-order valence-electron chi connectivity index (χ0n) is 13.2. The van der Waals surface area contributed by atoms with Gasteiger partial charge in [0, 0.05) is 45.5 Å². The van der Waals surface area contributed by atoms with E-state index in [2.05, 4.69) is 10.3 Å². The van der Waals surface area contributed by atoms with Crippen molar-refractivity contribution in [3.63, 3.8) is 0 Å². The van der Waals surface area contributed by atoms with E-state index in [4.69, 9.17) is 0 Å². The van der Waals surface area contributed by atoms with Gasteiger partial charge in [0.1, 0.15) is 17.5 Å². The lowest BCUT2D eigenvalue weighted by Crippen LogP contribution is -2.50. The molecule has 7 heteroatoms. The van der Waals surface area contributed by atoms with E-state index in [0.717, 1.165) is 5.56 Å². The Labute approximate surface area is 135 Å². The van der Waals surface area contributed by atoms with Crippen LogP contribution in [0.15, 0.2) is 30.1 Å². The Bertz CT molecular complexity index is 669. The fraction of sp³-hybridized carbons (Fsp3) is 0.375. The van der Waals surface area contributed by atoms with Crippen molar-refractivity contribution in [1.82, 2.24) is 14.8 Å². The van der Waals surface area contributed by atoms with Gasteiger partial charge in [0.05, 0.1) is 0 Å². The van der Waals surface area contributed by atoms with Gasteiger partial charge in [-0.1, -0.05) is 0 Å². The van der Waals surface area contributed by atoms with Crippen molar-refractivity contribution >= 4 is 17.6 Å². The molecule has 2 amide bonds. The van der Waals surface area contributed by atoms with E-state index in [1.165, 1.54) is 13.1 Å². The predicted octanol–water partition coefficient (Wildman–Crippen LogP) is 0.900. The van der Waals surface area contributed by atoms with E-state index in [1.54, 1.807) is 16.0 Å². The molecule has 1 saturated heterocycles. The fourth-order valence-electron chi connectivity index (χ4n) is 2.30. The quantitative estimate of drug-likeness (QED) is 0.661. The number of anilines is 1. The Kier molecular flexibility index (Phi) is 5.31. The molecule has 0 unspecified atom stereocenters. The molecule has 1 aliphatic rings. The summed E-state index contributed by atoms with van der Waals surface area (Å²) in [6, 6.07) is 5.60. The molecular weight excluding hydrogens is 294 g/mol. The normalized spacial score (nSPS) is 15.1. The number of hydrogen-bond donors (Lipinski definition) is 1. The van der Waals surface area contributed by atoms with Crippen molar-refractivity contribution in [2.75, 3.05) is 31.5 Å².